The first-order chi connectivity index (χ1) is 14.8. The van der Waals surface area contributed by atoms with Crippen molar-refractivity contribution in [3.63, 3.8) is 0 Å². The van der Waals surface area contributed by atoms with Crippen LogP contribution >= 0.6 is 15.5 Å². The van der Waals surface area contributed by atoms with E-state index in [1.165, 1.54) is 38.6 Å². The van der Waals surface area contributed by atoms with Gasteiger partial charge in [0, 0.05) is 38.6 Å². The molecule has 32 heavy (non-hydrogen) atoms. The fourth-order valence-corrected chi connectivity index (χ4v) is 6.34. The molecule has 1 fully saturated rings. The second kappa shape index (κ2) is 8.69. The SMILES string of the molecule is CN(C)C(=O)Oc1cc(F)c(C2OP(=O)(O)C(O)(Cc3cccnc3)[P+](O)(O)O2)c(F)c1. The lowest BCUT2D eigenvalue weighted by atomic mass is 10.2. The Bertz CT molecular complexity index is 1050. The van der Waals surface area contributed by atoms with Crippen molar-refractivity contribution in [3.8, 4) is 5.75 Å². The van der Waals surface area contributed by atoms with Gasteiger partial charge in [-0.05, 0) is 11.6 Å². The molecule has 0 radical (unpaired) electrons. The van der Waals surface area contributed by atoms with E-state index in [1.807, 2.05) is 0 Å². The molecular weight excluding hydrogens is 476 g/mol. The molecule has 15 heteroatoms. The number of nitrogens with zero attached hydrogens (tertiary/aromatic N) is 2. The largest absolute Gasteiger partial charge is 0.457 e. The third-order valence-electron chi connectivity index (χ3n) is 4.42. The normalized spacial score (nSPS) is 27.1. The van der Waals surface area contributed by atoms with E-state index in [1.54, 1.807) is 0 Å². The maximum absolute atomic E-state index is 14.6. The first-order valence-corrected chi connectivity index (χ1v) is 12.0. The van der Waals surface area contributed by atoms with Gasteiger partial charge >= 0.3 is 26.7 Å². The molecule has 1 aliphatic heterocycles. The van der Waals surface area contributed by atoms with Gasteiger partial charge < -0.3 is 19.6 Å². The molecule has 1 amide bonds. The number of carbonyl (C=O) groups is 1. The van der Waals surface area contributed by atoms with E-state index >= 15 is 0 Å². The fraction of sp³-hybridized carbons (Fsp3) is 0.294. The Morgan fingerprint density at radius 2 is 1.97 bits per heavy atom. The van der Waals surface area contributed by atoms with Crippen LogP contribution in [0.1, 0.15) is 17.4 Å². The number of carbonyl (C=O) groups excluding carboxylic acids is 1. The van der Waals surface area contributed by atoms with Gasteiger partial charge in [0.05, 0.1) is 12.0 Å². The number of aliphatic hydroxyl groups is 1. The van der Waals surface area contributed by atoms with Gasteiger partial charge in [-0.25, -0.2) is 13.6 Å². The Hall–Kier alpha value is -2.08. The van der Waals surface area contributed by atoms with E-state index in [0.717, 1.165) is 4.90 Å². The highest BCUT2D eigenvalue weighted by Crippen LogP contribution is 2.83. The molecule has 3 rings (SSSR count). The van der Waals surface area contributed by atoms with Gasteiger partial charge in [0.15, 0.2) is 0 Å². The van der Waals surface area contributed by atoms with E-state index in [9.17, 15) is 37.9 Å². The van der Waals surface area contributed by atoms with Gasteiger partial charge in [0.1, 0.15) is 17.4 Å². The van der Waals surface area contributed by atoms with E-state index < -0.39 is 62.4 Å². The van der Waals surface area contributed by atoms with Gasteiger partial charge in [-0.3, -0.25) is 14.1 Å². The number of rotatable bonds is 4. The van der Waals surface area contributed by atoms with E-state index in [-0.39, 0.29) is 5.56 Å². The molecule has 1 aliphatic rings. The monoisotopic (exact) mass is 495 g/mol. The summed E-state index contributed by atoms with van der Waals surface area (Å²) in [4.78, 5) is 47.4. The molecule has 0 aliphatic carbocycles. The Kier molecular flexibility index (Phi) is 6.67. The van der Waals surface area contributed by atoms with Gasteiger partial charge in [-0.2, -0.15) is 9.79 Å². The maximum atomic E-state index is 14.6. The molecule has 1 saturated heterocycles. The van der Waals surface area contributed by atoms with Gasteiger partial charge in [-0.1, -0.05) is 6.07 Å². The lowest BCUT2D eigenvalue weighted by Crippen LogP contribution is -2.41. The highest BCUT2D eigenvalue weighted by molar-refractivity contribution is 7.76. The predicted molar refractivity (Wildman–Crippen MR) is 105 cm³/mol. The summed E-state index contributed by atoms with van der Waals surface area (Å²) in [6.45, 7) is 0. The van der Waals surface area contributed by atoms with Crippen molar-refractivity contribution in [1.29, 1.82) is 0 Å². The Balaban J connectivity index is 1.94. The zero-order chi connectivity index (χ0) is 23.9. The third kappa shape index (κ3) is 4.52. The molecule has 0 bridgehead atoms. The molecule has 1 aromatic heterocycles. The number of ether oxygens (including phenoxy) is 1. The van der Waals surface area contributed by atoms with Gasteiger partial charge in [0.2, 0.25) is 6.29 Å². The average molecular weight is 495 g/mol. The average Bonchev–Trinajstić information content (AvgIpc) is 2.66. The lowest BCUT2D eigenvalue weighted by molar-refractivity contribution is -0.0715. The van der Waals surface area contributed by atoms with Crippen molar-refractivity contribution in [2.75, 3.05) is 14.1 Å². The number of pyridine rings is 1. The van der Waals surface area contributed by atoms with Crippen molar-refractivity contribution in [2.24, 2.45) is 0 Å². The number of aromatic nitrogens is 1. The quantitative estimate of drug-likeness (QED) is 0.464. The van der Waals surface area contributed by atoms with Crippen LogP contribution in [0.15, 0.2) is 36.7 Å². The number of hydrogen-bond donors (Lipinski definition) is 4. The standard InChI is InChI=1S/C17H18F2N2O9P2/c1-21(2)16(22)28-11-6-12(18)14(13(19)7-11)15-29-31(24,25)17(23,32(26,27)30-15)8-10-4-3-5-20-9-10/h3-7,9,15,23-25H,8H2,1-2H3/p+1. The predicted octanol–water partition coefficient (Wildman–Crippen LogP) is 2.29. The zero-order valence-corrected chi connectivity index (χ0v) is 18.4. The van der Waals surface area contributed by atoms with E-state index in [4.69, 9.17) is 13.8 Å². The van der Waals surface area contributed by atoms with Crippen molar-refractivity contribution in [1.82, 2.24) is 9.88 Å². The number of halogens is 2. The van der Waals surface area contributed by atoms with E-state index in [0.29, 0.717) is 12.1 Å². The van der Waals surface area contributed by atoms with Crippen LogP contribution in [0.5, 0.6) is 5.75 Å². The van der Waals surface area contributed by atoms with Crippen LogP contribution < -0.4 is 4.74 Å². The lowest BCUT2D eigenvalue weighted by Gasteiger charge is -2.38. The Morgan fingerprint density at radius 3 is 2.47 bits per heavy atom. The fourth-order valence-electron chi connectivity index (χ4n) is 2.74. The number of amides is 1. The van der Waals surface area contributed by atoms with Gasteiger partial charge in [0.25, 0.3) is 0 Å². The minimum absolute atomic E-state index is 0.131. The van der Waals surface area contributed by atoms with Crippen LogP contribution in [0, 0.1) is 11.6 Å². The summed E-state index contributed by atoms with van der Waals surface area (Å²) in [5.41, 5.74) is -0.966. The van der Waals surface area contributed by atoms with Crippen LogP contribution in [0.25, 0.3) is 0 Å². The topological polar surface area (TPSA) is 159 Å². The molecule has 0 saturated carbocycles. The molecule has 3 atom stereocenters. The second-order valence-electron chi connectivity index (χ2n) is 6.98. The van der Waals surface area contributed by atoms with Crippen LogP contribution in [0.3, 0.4) is 0 Å². The summed E-state index contributed by atoms with van der Waals surface area (Å²) in [6, 6.07) is 3.95. The maximum Gasteiger partial charge on any atom is 0.457 e. The summed E-state index contributed by atoms with van der Waals surface area (Å²) in [5, 5.41) is 7.47. The molecule has 1 aromatic carbocycles. The van der Waals surface area contributed by atoms with Crippen LogP contribution in [-0.4, -0.2) is 54.9 Å². The first-order valence-electron chi connectivity index (χ1n) is 8.81. The Morgan fingerprint density at radius 1 is 1.34 bits per heavy atom. The highest BCUT2D eigenvalue weighted by atomic mass is 31.3. The van der Waals surface area contributed by atoms with Crippen molar-refractivity contribution in [2.45, 2.75) is 17.8 Å². The summed E-state index contributed by atoms with van der Waals surface area (Å²) >= 11 is 0. The van der Waals surface area contributed by atoms with Crippen LogP contribution in [0.2, 0.25) is 0 Å². The molecule has 3 unspecified atom stereocenters. The minimum atomic E-state index is -5.38. The Labute approximate surface area is 180 Å². The molecule has 2 aromatic rings. The second-order valence-corrected chi connectivity index (χ2v) is 11.4. The van der Waals surface area contributed by atoms with Gasteiger partial charge in [-0.15, -0.1) is 4.52 Å². The third-order valence-corrected chi connectivity index (χ3v) is 9.08. The zero-order valence-electron chi connectivity index (χ0n) is 16.6. The van der Waals surface area contributed by atoms with E-state index in [2.05, 4.69) is 4.98 Å². The molecular formula is C17H19F2N2O9P2+. The number of benzene rings is 1. The molecule has 4 N–H and O–H groups in total. The van der Waals surface area contributed by atoms with Crippen LogP contribution in [-0.2, 0) is 20.0 Å². The van der Waals surface area contributed by atoms with Crippen LogP contribution in [0.4, 0.5) is 13.6 Å². The summed E-state index contributed by atoms with van der Waals surface area (Å²) < 4.78 is 56.2. The minimum Gasteiger partial charge on any atom is -0.410 e. The highest BCUT2D eigenvalue weighted by Gasteiger charge is 2.77. The molecule has 2 heterocycles. The molecule has 11 nitrogen and oxygen atoms in total. The summed E-state index contributed by atoms with van der Waals surface area (Å²) in [7, 11) is -7.89. The summed E-state index contributed by atoms with van der Waals surface area (Å²) in [6.07, 6.45) is -1.58. The van der Waals surface area contributed by atoms with Crippen molar-refractivity contribution >= 4 is 21.6 Å². The first kappa shape index (κ1) is 24.6. The smallest absolute Gasteiger partial charge is 0.410 e. The molecule has 174 valence electrons. The van der Waals surface area contributed by atoms with Crippen molar-refractivity contribution < 1.29 is 51.7 Å². The van der Waals surface area contributed by atoms with Crippen molar-refractivity contribution in [3.05, 3.63) is 59.4 Å². The number of hydrogen-bond acceptors (Lipinski definition) is 9. The summed E-state index contributed by atoms with van der Waals surface area (Å²) in [5.74, 6) is -3.41. The molecule has 0 spiro atoms.